The average molecular weight is 737 g/mol. The number of benzene rings is 3. The summed E-state index contributed by atoms with van der Waals surface area (Å²) in [6.07, 6.45) is -8.36. The molecule has 0 radical (unpaired) electrons. The molecule has 53 heavy (non-hydrogen) atoms. The predicted molar refractivity (Wildman–Crippen MR) is 188 cm³/mol. The highest BCUT2D eigenvalue weighted by atomic mass is 16.8. The van der Waals surface area contributed by atoms with Crippen LogP contribution in [0.3, 0.4) is 0 Å². The minimum Gasteiger partial charge on any atom is -0.463 e. The number of hydrogen-bond acceptors (Lipinski definition) is 13. The minimum atomic E-state index is -1.08. The Kier molecular flexibility index (Phi) is 15.3. The zero-order valence-electron chi connectivity index (χ0n) is 30.4. The van der Waals surface area contributed by atoms with E-state index in [4.69, 9.17) is 47.4 Å². The molecule has 13 nitrogen and oxygen atoms in total. The second-order valence-corrected chi connectivity index (χ2v) is 12.8. The highest BCUT2D eigenvalue weighted by molar-refractivity contribution is 5.67. The van der Waals surface area contributed by atoms with Gasteiger partial charge in [-0.05, 0) is 16.7 Å². The number of carbonyl (C=O) groups excluding carboxylic acids is 3. The number of ether oxygens (including phenoxy) is 10. The molecule has 0 aliphatic carbocycles. The fraction of sp³-hybridized carbons (Fsp3) is 0.475. The lowest BCUT2D eigenvalue weighted by molar-refractivity contribution is -0.352. The van der Waals surface area contributed by atoms with E-state index in [1.165, 1.54) is 27.9 Å². The van der Waals surface area contributed by atoms with Crippen LogP contribution in [0.15, 0.2) is 91.0 Å². The topological polar surface area (TPSA) is 144 Å². The Hall–Kier alpha value is -4.21. The lowest BCUT2D eigenvalue weighted by Gasteiger charge is -2.47. The standard InChI is InChI=1S/C40H48O13/c1-26(41)46-25-34-36(50-28(3)43)32(49-27(2)42)20-35(51-34)53-37-33(24-45-21-29-14-8-5-9-15-29)52-40(44-4)39(48-23-31-18-12-7-13-19-31)38(37)47-22-30-16-10-6-11-17-30/h5-19,32-40H,20-25H2,1-4H3/t32-,33?,34?,35+,36-,37-,38?,39?,40+/m1/s1. The first-order valence-corrected chi connectivity index (χ1v) is 17.6. The Morgan fingerprint density at radius 2 is 1.13 bits per heavy atom. The van der Waals surface area contributed by atoms with Gasteiger partial charge in [0.1, 0.15) is 43.2 Å². The van der Waals surface area contributed by atoms with Gasteiger partial charge in [0.15, 0.2) is 18.7 Å². The van der Waals surface area contributed by atoms with Crippen molar-refractivity contribution in [2.75, 3.05) is 20.3 Å². The van der Waals surface area contributed by atoms with Crippen LogP contribution in [-0.2, 0) is 81.6 Å². The molecule has 2 fully saturated rings. The van der Waals surface area contributed by atoms with Gasteiger partial charge in [-0.1, -0.05) is 91.0 Å². The molecule has 0 aromatic heterocycles. The maximum absolute atomic E-state index is 12.3. The zero-order chi connectivity index (χ0) is 37.6. The molecule has 13 heteroatoms. The third kappa shape index (κ3) is 12.2. The molecule has 2 aliphatic rings. The summed E-state index contributed by atoms with van der Waals surface area (Å²) in [5.41, 5.74) is 2.81. The summed E-state index contributed by atoms with van der Waals surface area (Å²) >= 11 is 0. The summed E-state index contributed by atoms with van der Waals surface area (Å²) in [4.78, 5) is 36.2. The van der Waals surface area contributed by atoms with Crippen LogP contribution in [-0.4, -0.2) is 93.5 Å². The van der Waals surface area contributed by atoms with Gasteiger partial charge in [0.2, 0.25) is 0 Å². The number of rotatable bonds is 17. The number of esters is 3. The summed E-state index contributed by atoms with van der Waals surface area (Å²) in [6.45, 7) is 4.24. The number of methoxy groups -OCH3 is 1. The molecule has 4 unspecified atom stereocenters. The van der Waals surface area contributed by atoms with Crippen molar-refractivity contribution >= 4 is 17.9 Å². The van der Waals surface area contributed by atoms with Crippen LogP contribution in [0.25, 0.3) is 0 Å². The van der Waals surface area contributed by atoms with Crippen molar-refractivity contribution in [3.05, 3.63) is 108 Å². The van der Waals surface area contributed by atoms with Gasteiger partial charge < -0.3 is 47.4 Å². The molecule has 2 aliphatic heterocycles. The Labute approximate surface area is 309 Å². The molecule has 0 N–H and O–H groups in total. The Morgan fingerprint density at radius 1 is 0.604 bits per heavy atom. The second kappa shape index (κ2) is 20.3. The van der Waals surface area contributed by atoms with E-state index in [-0.39, 0.29) is 32.8 Å². The minimum absolute atomic E-state index is 0.0309. The van der Waals surface area contributed by atoms with E-state index >= 15 is 0 Å². The van der Waals surface area contributed by atoms with Gasteiger partial charge >= 0.3 is 17.9 Å². The van der Waals surface area contributed by atoms with E-state index in [0.717, 1.165) is 16.7 Å². The lowest BCUT2D eigenvalue weighted by Crippen LogP contribution is -2.63. The Bertz CT molecular complexity index is 1560. The number of hydrogen-bond donors (Lipinski definition) is 0. The van der Waals surface area contributed by atoms with Gasteiger partial charge in [0.05, 0.1) is 26.4 Å². The molecule has 9 atom stereocenters. The smallest absolute Gasteiger partial charge is 0.303 e. The summed E-state index contributed by atoms with van der Waals surface area (Å²) in [7, 11) is 1.53. The quantitative estimate of drug-likeness (QED) is 0.140. The summed E-state index contributed by atoms with van der Waals surface area (Å²) in [5, 5.41) is 0. The van der Waals surface area contributed by atoms with Crippen molar-refractivity contribution in [3.8, 4) is 0 Å². The van der Waals surface area contributed by atoms with Crippen LogP contribution in [0, 0.1) is 0 Å². The van der Waals surface area contributed by atoms with Crippen LogP contribution < -0.4 is 0 Å². The SMILES string of the molecule is CO[C@H]1OC(COCc2ccccc2)[C@@H](O[C@H]2C[C@@H](OC(C)=O)[C@@H](OC(C)=O)C(COC(C)=O)O2)C(OCc2ccccc2)C1OCc1ccccc1. The molecule has 3 aromatic rings. The predicted octanol–water partition coefficient (Wildman–Crippen LogP) is 4.67. The van der Waals surface area contributed by atoms with Crippen LogP contribution in [0.1, 0.15) is 43.9 Å². The van der Waals surface area contributed by atoms with Crippen molar-refractivity contribution in [1.82, 2.24) is 0 Å². The number of carbonyl (C=O) groups is 3. The lowest BCUT2D eigenvalue weighted by atomic mass is 9.97. The van der Waals surface area contributed by atoms with Crippen LogP contribution in [0.5, 0.6) is 0 Å². The second-order valence-electron chi connectivity index (χ2n) is 12.8. The van der Waals surface area contributed by atoms with E-state index in [1.54, 1.807) is 0 Å². The van der Waals surface area contributed by atoms with E-state index < -0.39 is 73.2 Å². The monoisotopic (exact) mass is 736 g/mol. The molecular formula is C40H48O13. The molecule has 0 amide bonds. The van der Waals surface area contributed by atoms with Gasteiger partial charge in [0, 0.05) is 34.3 Å². The van der Waals surface area contributed by atoms with Crippen LogP contribution >= 0.6 is 0 Å². The normalized spacial score (nSPS) is 27.1. The molecular weight excluding hydrogens is 688 g/mol. The summed E-state index contributed by atoms with van der Waals surface area (Å²) in [6, 6.07) is 29.1. The average Bonchev–Trinajstić information content (AvgIpc) is 3.15. The molecule has 0 bridgehead atoms. The van der Waals surface area contributed by atoms with Gasteiger partial charge in [-0.2, -0.15) is 0 Å². The first kappa shape index (κ1) is 40.0. The van der Waals surface area contributed by atoms with E-state index in [9.17, 15) is 14.4 Å². The third-order valence-electron chi connectivity index (χ3n) is 8.65. The van der Waals surface area contributed by atoms with Gasteiger partial charge in [-0.25, -0.2) is 0 Å². The van der Waals surface area contributed by atoms with Crippen LogP contribution in [0.2, 0.25) is 0 Å². The van der Waals surface area contributed by atoms with Gasteiger partial charge in [-0.15, -0.1) is 0 Å². The fourth-order valence-electron chi connectivity index (χ4n) is 6.29. The van der Waals surface area contributed by atoms with Gasteiger partial charge in [-0.3, -0.25) is 14.4 Å². The van der Waals surface area contributed by atoms with E-state index in [1.807, 2.05) is 91.0 Å². The highest BCUT2D eigenvalue weighted by Gasteiger charge is 2.52. The largest absolute Gasteiger partial charge is 0.463 e. The van der Waals surface area contributed by atoms with Crippen molar-refractivity contribution in [3.63, 3.8) is 0 Å². The van der Waals surface area contributed by atoms with Gasteiger partial charge in [0.25, 0.3) is 0 Å². The van der Waals surface area contributed by atoms with Crippen molar-refractivity contribution in [1.29, 1.82) is 0 Å². The molecule has 0 saturated carbocycles. The van der Waals surface area contributed by atoms with E-state index in [0.29, 0.717) is 6.61 Å². The van der Waals surface area contributed by atoms with Crippen molar-refractivity contribution in [2.24, 2.45) is 0 Å². The molecule has 5 rings (SSSR count). The molecule has 3 aromatic carbocycles. The van der Waals surface area contributed by atoms with E-state index in [2.05, 4.69) is 0 Å². The Balaban J connectivity index is 1.47. The van der Waals surface area contributed by atoms with Crippen LogP contribution in [0.4, 0.5) is 0 Å². The third-order valence-corrected chi connectivity index (χ3v) is 8.65. The molecule has 286 valence electrons. The first-order valence-electron chi connectivity index (χ1n) is 17.6. The fourth-order valence-corrected chi connectivity index (χ4v) is 6.29. The first-order chi connectivity index (χ1) is 25.7. The van der Waals surface area contributed by atoms with Crippen molar-refractivity contribution in [2.45, 2.75) is 102 Å². The zero-order valence-corrected chi connectivity index (χ0v) is 30.4. The molecule has 2 heterocycles. The molecule has 0 spiro atoms. The maximum Gasteiger partial charge on any atom is 0.303 e. The van der Waals surface area contributed by atoms with Crippen molar-refractivity contribution < 1.29 is 61.8 Å². The molecule has 2 saturated heterocycles. The summed E-state index contributed by atoms with van der Waals surface area (Å²) in [5.74, 6) is -1.80. The Morgan fingerprint density at radius 3 is 1.66 bits per heavy atom. The maximum atomic E-state index is 12.3. The highest BCUT2D eigenvalue weighted by Crippen LogP contribution is 2.34. The summed E-state index contributed by atoms with van der Waals surface area (Å²) < 4.78 is 61.3.